The SMILES string of the molecule is CC1(C)C[C@H]2C[C@@](C)(CN2C(=O)c2ccc3c(c2O)C(=O)c2ccccc2C3=O)C1. The molecule has 5 rings (SSSR count). The van der Waals surface area contributed by atoms with Crippen LogP contribution in [0.15, 0.2) is 36.4 Å². The van der Waals surface area contributed by atoms with Crippen LogP contribution in [0.4, 0.5) is 0 Å². The van der Waals surface area contributed by atoms with E-state index in [1.165, 1.54) is 12.1 Å². The number of hydrogen-bond donors (Lipinski definition) is 1. The maximum absolute atomic E-state index is 13.5. The smallest absolute Gasteiger partial charge is 0.257 e. The van der Waals surface area contributed by atoms with Crippen molar-refractivity contribution in [2.75, 3.05) is 6.54 Å². The van der Waals surface area contributed by atoms with E-state index in [-0.39, 0.29) is 56.6 Å². The number of phenolic OH excluding ortho intramolecular Hbond substituents is 1. The number of rotatable bonds is 1. The zero-order valence-corrected chi connectivity index (χ0v) is 17.5. The zero-order valence-electron chi connectivity index (χ0n) is 17.5. The van der Waals surface area contributed by atoms with E-state index < -0.39 is 5.78 Å². The third-order valence-electron chi connectivity index (χ3n) is 6.97. The fraction of sp³-hybridized carbons (Fsp3) is 0.400. The van der Waals surface area contributed by atoms with Crippen molar-refractivity contribution < 1.29 is 19.5 Å². The number of likely N-dealkylation sites (tertiary alicyclic amines) is 1. The van der Waals surface area contributed by atoms with Crippen LogP contribution in [0.3, 0.4) is 0 Å². The average Bonchev–Trinajstić information content (AvgIpc) is 2.94. The van der Waals surface area contributed by atoms with Crippen molar-refractivity contribution in [1.29, 1.82) is 0 Å². The topological polar surface area (TPSA) is 74.7 Å². The van der Waals surface area contributed by atoms with Gasteiger partial charge in [0.2, 0.25) is 0 Å². The highest BCUT2D eigenvalue weighted by molar-refractivity contribution is 6.30. The Hall–Kier alpha value is -2.95. The molecule has 5 heteroatoms. The molecule has 30 heavy (non-hydrogen) atoms. The van der Waals surface area contributed by atoms with Crippen LogP contribution in [0.1, 0.15) is 82.2 Å². The predicted octanol–water partition coefficient (Wildman–Crippen LogP) is 4.21. The summed E-state index contributed by atoms with van der Waals surface area (Å²) in [6, 6.07) is 9.71. The molecular formula is C25H25NO4. The fourth-order valence-corrected chi connectivity index (χ4v) is 6.19. The number of aromatic hydroxyl groups is 1. The summed E-state index contributed by atoms with van der Waals surface area (Å²) >= 11 is 0. The molecule has 154 valence electrons. The molecule has 0 radical (unpaired) electrons. The highest BCUT2D eigenvalue weighted by atomic mass is 16.3. The molecule has 1 saturated carbocycles. The van der Waals surface area contributed by atoms with Crippen LogP contribution in [0.2, 0.25) is 0 Å². The second kappa shape index (κ2) is 6.03. The number of benzene rings is 2. The Morgan fingerprint density at radius 3 is 2.33 bits per heavy atom. The molecule has 2 aliphatic carbocycles. The van der Waals surface area contributed by atoms with Gasteiger partial charge in [0.1, 0.15) is 5.75 Å². The van der Waals surface area contributed by atoms with Crippen LogP contribution in [0, 0.1) is 10.8 Å². The summed E-state index contributed by atoms with van der Waals surface area (Å²) in [5.41, 5.74) is 1.02. The third-order valence-corrected chi connectivity index (χ3v) is 6.97. The summed E-state index contributed by atoms with van der Waals surface area (Å²) in [4.78, 5) is 41.2. The maximum Gasteiger partial charge on any atom is 0.257 e. The largest absolute Gasteiger partial charge is 0.506 e. The Morgan fingerprint density at radius 2 is 1.63 bits per heavy atom. The van der Waals surface area contributed by atoms with Crippen LogP contribution in [0.5, 0.6) is 5.75 Å². The normalized spacial score (nSPS) is 26.4. The molecule has 5 nitrogen and oxygen atoms in total. The molecule has 2 bridgehead atoms. The molecule has 1 aliphatic heterocycles. The molecule has 1 N–H and O–H groups in total. The molecule has 2 atom stereocenters. The zero-order chi connectivity index (χ0) is 21.4. The number of carbonyl (C=O) groups is 3. The quantitative estimate of drug-likeness (QED) is 0.661. The Bertz CT molecular complexity index is 1130. The number of phenols is 1. The van der Waals surface area contributed by atoms with Gasteiger partial charge < -0.3 is 10.0 Å². The lowest BCUT2D eigenvalue weighted by molar-refractivity contribution is 0.0704. The highest BCUT2D eigenvalue weighted by Gasteiger charge is 2.51. The highest BCUT2D eigenvalue weighted by Crippen LogP contribution is 2.53. The summed E-state index contributed by atoms with van der Waals surface area (Å²) in [7, 11) is 0. The van der Waals surface area contributed by atoms with E-state index in [9.17, 15) is 19.5 Å². The molecule has 0 unspecified atom stereocenters. The van der Waals surface area contributed by atoms with Crippen LogP contribution >= 0.6 is 0 Å². The van der Waals surface area contributed by atoms with Crippen molar-refractivity contribution in [3.63, 3.8) is 0 Å². The van der Waals surface area contributed by atoms with Crippen molar-refractivity contribution in [3.05, 3.63) is 64.2 Å². The van der Waals surface area contributed by atoms with E-state index >= 15 is 0 Å². The second-order valence-electron chi connectivity index (χ2n) is 10.2. The first kappa shape index (κ1) is 19.0. The van der Waals surface area contributed by atoms with Crippen LogP contribution in [0.25, 0.3) is 0 Å². The van der Waals surface area contributed by atoms with Gasteiger partial charge in [-0.05, 0) is 42.2 Å². The van der Waals surface area contributed by atoms with Crippen molar-refractivity contribution in [2.24, 2.45) is 10.8 Å². The minimum Gasteiger partial charge on any atom is -0.506 e. The van der Waals surface area contributed by atoms with Crippen LogP contribution in [-0.2, 0) is 0 Å². The number of ketones is 2. The van der Waals surface area contributed by atoms with Gasteiger partial charge in [-0.1, -0.05) is 45.0 Å². The van der Waals surface area contributed by atoms with E-state index in [4.69, 9.17) is 0 Å². The predicted molar refractivity (Wildman–Crippen MR) is 112 cm³/mol. The minimum absolute atomic E-state index is 0.0572. The first-order chi connectivity index (χ1) is 14.1. The maximum atomic E-state index is 13.5. The summed E-state index contributed by atoms with van der Waals surface area (Å²) < 4.78 is 0. The molecule has 2 fully saturated rings. The molecule has 1 amide bonds. The first-order valence-corrected chi connectivity index (χ1v) is 10.5. The van der Waals surface area contributed by atoms with Gasteiger partial charge in [0.25, 0.3) is 5.91 Å². The van der Waals surface area contributed by atoms with Gasteiger partial charge in [-0.25, -0.2) is 0 Å². The van der Waals surface area contributed by atoms with Crippen molar-refractivity contribution in [3.8, 4) is 5.75 Å². The molecule has 0 spiro atoms. The van der Waals surface area contributed by atoms with Crippen molar-refractivity contribution in [2.45, 2.75) is 46.1 Å². The summed E-state index contributed by atoms with van der Waals surface area (Å²) in [5, 5.41) is 11.0. The summed E-state index contributed by atoms with van der Waals surface area (Å²) in [6.45, 7) is 7.35. The first-order valence-electron chi connectivity index (χ1n) is 10.5. The van der Waals surface area contributed by atoms with Gasteiger partial charge in [-0.2, -0.15) is 0 Å². The number of fused-ring (bicyclic) bond motifs is 4. The van der Waals surface area contributed by atoms with E-state index in [2.05, 4.69) is 20.8 Å². The van der Waals surface area contributed by atoms with Crippen molar-refractivity contribution >= 4 is 17.5 Å². The Kier molecular flexibility index (Phi) is 3.83. The van der Waals surface area contributed by atoms with Gasteiger partial charge in [-0.3, -0.25) is 14.4 Å². The molecule has 0 aromatic heterocycles. The monoisotopic (exact) mass is 403 g/mol. The van der Waals surface area contributed by atoms with Gasteiger partial charge in [0.15, 0.2) is 11.6 Å². The molecular weight excluding hydrogens is 378 g/mol. The van der Waals surface area contributed by atoms with Gasteiger partial charge in [0, 0.05) is 29.3 Å². The van der Waals surface area contributed by atoms with E-state index in [1.54, 1.807) is 24.3 Å². The average molecular weight is 403 g/mol. The lowest BCUT2D eigenvalue weighted by atomic mass is 9.65. The minimum atomic E-state index is -0.416. The van der Waals surface area contributed by atoms with E-state index in [0.717, 1.165) is 19.3 Å². The van der Waals surface area contributed by atoms with E-state index in [0.29, 0.717) is 12.1 Å². The van der Waals surface area contributed by atoms with Gasteiger partial charge in [-0.15, -0.1) is 0 Å². The molecule has 1 heterocycles. The van der Waals surface area contributed by atoms with Crippen molar-refractivity contribution in [1.82, 2.24) is 4.90 Å². The molecule has 2 aromatic rings. The van der Waals surface area contributed by atoms with Crippen LogP contribution < -0.4 is 0 Å². The number of nitrogens with zero attached hydrogens (tertiary/aromatic N) is 1. The number of carbonyl (C=O) groups excluding carboxylic acids is 3. The molecule has 1 saturated heterocycles. The van der Waals surface area contributed by atoms with E-state index in [1.807, 2.05) is 4.90 Å². The number of amides is 1. The lowest BCUT2D eigenvalue weighted by Crippen LogP contribution is -2.38. The Morgan fingerprint density at radius 1 is 0.967 bits per heavy atom. The van der Waals surface area contributed by atoms with Gasteiger partial charge >= 0.3 is 0 Å². The fourth-order valence-electron chi connectivity index (χ4n) is 6.19. The summed E-state index contributed by atoms with van der Waals surface area (Å²) in [6.07, 6.45) is 2.93. The Labute approximate surface area is 175 Å². The lowest BCUT2D eigenvalue weighted by Gasteiger charge is -2.39. The second-order valence-corrected chi connectivity index (χ2v) is 10.2. The molecule has 3 aliphatic rings. The van der Waals surface area contributed by atoms with Gasteiger partial charge in [0.05, 0.1) is 11.1 Å². The Balaban J connectivity index is 1.56. The summed E-state index contributed by atoms with van der Waals surface area (Å²) in [5.74, 6) is -1.36. The third kappa shape index (κ3) is 2.64. The number of hydrogen-bond acceptors (Lipinski definition) is 4. The van der Waals surface area contributed by atoms with Crippen LogP contribution in [-0.4, -0.2) is 40.1 Å². The molecule has 2 aromatic carbocycles. The standard InChI is InChI=1S/C25H25NO4/c1-24(2)10-14-11-25(3,12-24)13-26(14)23(30)18-9-8-17-19(22(18)29)21(28)16-7-5-4-6-15(16)20(17)27/h4-9,14,29H,10-13H2,1-3H3/t14-,25+/m0/s1.